The van der Waals surface area contributed by atoms with Gasteiger partial charge in [-0.1, -0.05) is 30.3 Å². The lowest BCUT2D eigenvalue weighted by Gasteiger charge is -2.08. The maximum absolute atomic E-state index is 5.84. The van der Waals surface area contributed by atoms with Crippen molar-refractivity contribution in [3.63, 3.8) is 0 Å². The van der Waals surface area contributed by atoms with Crippen LogP contribution in [0, 0.1) is 0 Å². The molecule has 0 bridgehead atoms. The van der Waals surface area contributed by atoms with Gasteiger partial charge in [-0.3, -0.25) is 0 Å². The first-order chi connectivity index (χ1) is 11.1. The van der Waals surface area contributed by atoms with Crippen LogP contribution in [0.2, 0.25) is 0 Å². The van der Waals surface area contributed by atoms with E-state index in [1.165, 1.54) is 0 Å². The summed E-state index contributed by atoms with van der Waals surface area (Å²) < 4.78 is 5.10. The molecule has 0 amide bonds. The molecule has 0 radical (unpaired) electrons. The molecule has 6 nitrogen and oxygen atoms in total. The molecular weight excluding hydrogens is 326 g/mol. The maximum atomic E-state index is 5.84. The van der Waals surface area contributed by atoms with Crippen molar-refractivity contribution < 1.29 is 4.74 Å². The molecule has 0 aliphatic carbocycles. The topological polar surface area (TPSA) is 98.0 Å². The number of methoxy groups -OCH3 is 1. The SMILES string of the molecule is COc1ccc(N/C(N)=N/C(N)=NC(C)c2ccccc2)cc1.Cl. The number of nitrogens with zero attached hydrogens (tertiary/aromatic N) is 2. The summed E-state index contributed by atoms with van der Waals surface area (Å²) in [6.45, 7) is 1.95. The highest BCUT2D eigenvalue weighted by molar-refractivity contribution is 6.00. The zero-order valence-corrected chi connectivity index (χ0v) is 14.5. The monoisotopic (exact) mass is 347 g/mol. The van der Waals surface area contributed by atoms with Crippen LogP contribution in [0.3, 0.4) is 0 Å². The molecule has 1 unspecified atom stereocenters. The summed E-state index contributed by atoms with van der Waals surface area (Å²) in [4.78, 5) is 8.38. The third-order valence-corrected chi connectivity index (χ3v) is 3.21. The fourth-order valence-corrected chi connectivity index (χ4v) is 2.01. The van der Waals surface area contributed by atoms with E-state index in [-0.39, 0.29) is 30.4 Å². The van der Waals surface area contributed by atoms with Gasteiger partial charge in [0, 0.05) is 5.69 Å². The van der Waals surface area contributed by atoms with Gasteiger partial charge in [0.05, 0.1) is 13.2 Å². The van der Waals surface area contributed by atoms with Crippen LogP contribution in [-0.4, -0.2) is 19.0 Å². The Bertz CT molecular complexity index is 686. The second-order valence-corrected chi connectivity index (χ2v) is 4.92. The van der Waals surface area contributed by atoms with E-state index in [9.17, 15) is 0 Å². The molecule has 5 N–H and O–H groups in total. The molecule has 7 heteroatoms. The van der Waals surface area contributed by atoms with Gasteiger partial charge in [-0.15, -0.1) is 12.4 Å². The second kappa shape index (κ2) is 9.42. The number of guanidine groups is 2. The van der Waals surface area contributed by atoms with Gasteiger partial charge in [0.1, 0.15) is 5.75 Å². The van der Waals surface area contributed by atoms with E-state index in [1.807, 2.05) is 61.5 Å². The summed E-state index contributed by atoms with van der Waals surface area (Å²) in [6.07, 6.45) is 0. The number of hydrogen-bond donors (Lipinski definition) is 3. The van der Waals surface area contributed by atoms with E-state index in [2.05, 4.69) is 15.3 Å². The largest absolute Gasteiger partial charge is 0.497 e. The predicted octanol–water partition coefficient (Wildman–Crippen LogP) is 2.92. The summed E-state index contributed by atoms with van der Waals surface area (Å²) in [7, 11) is 1.61. The summed E-state index contributed by atoms with van der Waals surface area (Å²) in [5.41, 5.74) is 13.5. The van der Waals surface area contributed by atoms with Gasteiger partial charge < -0.3 is 21.5 Å². The first-order valence-electron chi connectivity index (χ1n) is 7.22. The Balaban J connectivity index is 0.00000288. The lowest BCUT2D eigenvalue weighted by Crippen LogP contribution is -2.26. The number of hydrogen-bond acceptors (Lipinski definition) is 2. The molecular formula is C17H22ClN5O. The molecule has 0 saturated carbocycles. The Labute approximate surface area is 148 Å². The molecule has 2 rings (SSSR count). The fourth-order valence-electron chi connectivity index (χ4n) is 2.01. The zero-order chi connectivity index (χ0) is 16.7. The van der Waals surface area contributed by atoms with Gasteiger partial charge >= 0.3 is 0 Å². The minimum Gasteiger partial charge on any atom is -0.497 e. The predicted molar refractivity (Wildman–Crippen MR) is 102 cm³/mol. The number of nitrogens with two attached hydrogens (primary N) is 2. The number of aliphatic imine (C=N–C) groups is 2. The quantitative estimate of drug-likeness (QED) is 0.585. The number of rotatable bonds is 4. The highest BCUT2D eigenvalue weighted by atomic mass is 35.5. The van der Waals surface area contributed by atoms with Crippen LogP contribution >= 0.6 is 12.4 Å². The molecule has 1 atom stereocenters. The second-order valence-electron chi connectivity index (χ2n) is 4.92. The van der Waals surface area contributed by atoms with Crippen molar-refractivity contribution in [1.29, 1.82) is 0 Å². The van der Waals surface area contributed by atoms with Crippen molar-refractivity contribution in [2.24, 2.45) is 21.5 Å². The number of nitrogens with one attached hydrogen (secondary N) is 1. The minimum atomic E-state index is -0.0891. The van der Waals surface area contributed by atoms with Crippen LogP contribution in [0.25, 0.3) is 0 Å². The number of benzene rings is 2. The number of ether oxygens (including phenoxy) is 1. The Hall–Kier alpha value is -2.73. The van der Waals surface area contributed by atoms with Gasteiger partial charge in [0.15, 0.2) is 0 Å². The lowest BCUT2D eigenvalue weighted by molar-refractivity contribution is 0.415. The summed E-state index contributed by atoms with van der Waals surface area (Å²) in [5.74, 6) is 1.07. The molecule has 24 heavy (non-hydrogen) atoms. The summed E-state index contributed by atoms with van der Waals surface area (Å²) in [5, 5.41) is 2.95. The molecule has 0 spiro atoms. The van der Waals surface area contributed by atoms with Crippen LogP contribution in [0.4, 0.5) is 5.69 Å². The Kier molecular flexibility index (Phi) is 7.58. The highest BCUT2D eigenvalue weighted by Crippen LogP contribution is 2.16. The summed E-state index contributed by atoms with van der Waals surface area (Å²) in [6, 6.07) is 17.1. The van der Waals surface area contributed by atoms with E-state index < -0.39 is 0 Å². The molecule has 2 aromatic rings. The van der Waals surface area contributed by atoms with Gasteiger partial charge in [-0.25, -0.2) is 4.99 Å². The average molecular weight is 348 g/mol. The fraction of sp³-hybridized carbons (Fsp3) is 0.176. The smallest absolute Gasteiger partial charge is 0.219 e. The van der Waals surface area contributed by atoms with Crippen LogP contribution in [0.5, 0.6) is 5.75 Å². The Morgan fingerprint density at radius 3 is 2.25 bits per heavy atom. The van der Waals surface area contributed by atoms with Crippen molar-refractivity contribution in [3.8, 4) is 5.75 Å². The normalized spacial score (nSPS) is 12.9. The van der Waals surface area contributed by atoms with Crippen molar-refractivity contribution in [1.82, 2.24) is 0 Å². The van der Waals surface area contributed by atoms with E-state index in [0.29, 0.717) is 0 Å². The van der Waals surface area contributed by atoms with Crippen molar-refractivity contribution >= 4 is 30.0 Å². The molecule has 0 aliphatic rings. The summed E-state index contributed by atoms with van der Waals surface area (Å²) >= 11 is 0. The van der Waals surface area contributed by atoms with Gasteiger partial charge in [0.2, 0.25) is 11.9 Å². The zero-order valence-electron chi connectivity index (χ0n) is 13.6. The van der Waals surface area contributed by atoms with Crippen LogP contribution in [0.1, 0.15) is 18.5 Å². The van der Waals surface area contributed by atoms with Gasteiger partial charge in [-0.2, -0.15) is 4.99 Å². The number of anilines is 1. The lowest BCUT2D eigenvalue weighted by atomic mass is 10.1. The molecule has 0 saturated heterocycles. The van der Waals surface area contributed by atoms with E-state index in [1.54, 1.807) is 7.11 Å². The van der Waals surface area contributed by atoms with Crippen molar-refractivity contribution in [3.05, 3.63) is 60.2 Å². The van der Waals surface area contributed by atoms with Gasteiger partial charge in [-0.05, 0) is 36.8 Å². The molecule has 0 heterocycles. The van der Waals surface area contributed by atoms with E-state index in [0.717, 1.165) is 17.0 Å². The first kappa shape index (κ1) is 19.3. The van der Waals surface area contributed by atoms with E-state index >= 15 is 0 Å². The average Bonchev–Trinajstić information content (AvgIpc) is 2.56. The first-order valence-corrected chi connectivity index (χ1v) is 7.22. The molecule has 0 fully saturated rings. The standard InChI is InChI=1S/C17H21N5O.ClH/c1-12(13-6-4-3-5-7-13)20-16(18)22-17(19)21-14-8-10-15(23-2)11-9-14;/h3-12H,1-2H3,(H5,18,19,20,21,22);1H. The molecule has 0 aromatic heterocycles. The Morgan fingerprint density at radius 1 is 1.04 bits per heavy atom. The van der Waals surface area contributed by atoms with Gasteiger partial charge in [0.25, 0.3) is 0 Å². The third-order valence-electron chi connectivity index (χ3n) is 3.21. The molecule has 128 valence electrons. The maximum Gasteiger partial charge on any atom is 0.219 e. The molecule has 2 aromatic carbocycles. The third kappa shape index (κ3) is 5.81. The minimum absolute atomic E-state index is 0. The van der Waals surface area contributed by atoms with Crippen LogP contribution < -0.4 is 21.5 Å². The highest BCUT2D eigenvalue weighted by Gasteiger charge is 2.03. The Morgan fingerprint density at radius 2 is 1.67 bits per heavy atom. The molecule has 0 aliphatic heterocycles. The van der Waals surface area contributed by atoms with Crippen LogP contribution in [0.15, 0.2) is 64.6 Å². The number of halogens is 1. The van der Waals surface area contributed by atoms with E-state index in [4.69, 9.17) is 16.2 Å². The van der Waals surface area contributed by atoms with Crippen molar-refractivity contribution in [2.45, 2.75) is 13.0 Å². The van der Waals surface area contributed by atoms with Crippen molar-refractivity contribution in [2.75, 3.05) is 12.4 Å². The van der Waals surface area contributed by atoms with Crippen LogP contribution in [-0.2, 0) is 0 Å².